The number of pyridine rings is 1. The Bertz CT molecular complexity index is 3950. The van der Waals surface area contributed by atoms with E-state index in [1.165, 1.54) is 96.2 Å². The Labute approximate surface area is 458 Å². The number of thiazole rings is 1. The summed E-state index contributed by atoms with van der Waals surface area (Å²) in [5.74, 6) is -1.13. The second-order valence-corrected chi connectivity index (χ2v) is 23.1. The first-order chi connectivity index (χ1) is 36.1. The van der Waals surface area contributed by atoms with Gasteiger partial charge in [-0.3, -0.25) is 38.7 Å². The first-order valence-electron chi connectivity index (χ1n) is 22.3. The van der Waals surface area contributed by atoms with E-state index in [4.69, 9.17) is 0 Å². The number of carbonyl (C=O) groups excluding carboxylic acids is 4. The minimum absolute atomic E-state index is 0. The molecule has 2 fully saturated rings. The van der Waals surface area contributed by atoms with Crippen LogP contribution in [0.4, 0.5) is 9.18 Å². The number of nitrogens with zero attached hydrogens (tertiary/aromatic N) is 6. The number of ketones is 1. The molecule has 0 atom stereocenters. The van der Waals surface area contributed by atoms with Gasteiger partial charge in [-0.25, -0.2) is 27.8 Å². The molecular weight excluding hydrogens is 1110 g/mol. The average Bonchev–Trinajstić information content (AvgIpc) is 3.99. The lowest BCUT2D eigenvalue weighted by atomic mass is 10.2. The summed E-state index contributed by atoms with van der Waals surface area (Å²) in [6.07, 6.45) is 9.17. The quantitative estimate of drug-likeness (QED) is 0.115. The first-order valence-corrected chi connectivity index (χ1v) is 27.8. The highest BCUT2D eigenvalue weighted by Gasteiger charge is 2.36. The zero-order valence-corrected chi connectivity index (χ0v) is 45.5. The number of rotatable bonds is 12. The van der Waals surface area contributed by atoms with E-state index >= 15 is 0 Å². The second kappa shape index (κ2) is 25.8. The number of halogens is 2. The predicted octanol–water partition coefficient (Wildman–Crippen LogP) is 1.22. The second-order valence-electron chi connectivity index (χ2n) is 16.2. The Hall–Kier alpha value is -7.81. The fraction of sp³-hybridized carbons (Fsp3) is 0.118. The summed E-state index contributed by atoms with van der Waals surface area (Å²) >= 11 is 3.22. The van der Waals surface area contributed by atoms with Gasteiger partial charge in [-0.2, -0.15) is 8.42 Å². The van der Waals surface area contributed by atoms with Gasteiger partial charge in [0, 0.05) is 37.1 Å². The molecule has 7 aromatic rings. The zero-order valence-electron chi connectivity index (χ0n) is 40.7. The van der Waals surface area contributed by atoms with Crippen molar-refractivity contribution in [2.24, 2.45) is 4.99 Å². The fourth-order valence-electron chi connectivity index (χ4n) is 6.85. The van der Waals surface area contributed by atoms with Gasteiger partial charge in [0.05, 0.1) is 48.3 Å². The van der Waals surface area contributed by atoms with Crippen molar-refractivity contribution in [2.45, 2.75) is 35.8 Å². The number of imide groups is 1. The third kappa shape index (κ3) is 15.9. The fourth-order valence-corrected chi connectivity index (χ4v) is 11.7. The molecule has 19 nitrogen and oxygen atoms in total. The van der Waals surface area contributed by atoms with Gasteiger partial charge < -0.3 is 27.7 Å². The van der Waals surface area contributed by atoms with Crippen LogP contribution < -0.4 is 42.0 Å². The summed E-state index contributed by atoms with van der Waals surface area (Å²) in [5.41, 5.74) is 2.39. The van der Waals surface area contributed by atoms with Crippen molar-refractivity contribution in [3.8, 4) is 0 Å². The van der Waals surface area contributed by atoms with Gasteiger partial charge in [-0.05, 0) is 115 Å². The molecule has 0 radical (unpaired) electrons. The van der Waals surface area contributed by atoms with Crippen LogP contribution >= 0.6 is 34.9 Å². The van der Waals surface area contributed by atoms with E-state index in [0.29, 0.717) is 53.8 Å². The molecule has 396 valence electrons. The number of aromatic amines is 2. The topological polar surface area (TPSA) is 272 Å². The number of carbonyl (C=O) groups is 4. The van der Waals surface area contributed by atoms with E-state index in [0.717, 1.165) is 20.0 Å². The molecule has 9 rings (SSSR count). The van der Waals surface area contributed by atoms with Gasteiger partial charge >= 0.3 is 10.0 Å². The molecule has 2 aliphatic rings. The summed E-state index contributed by atoms with van der Waals surface area (Å²) in [4.78, 5) is 94.6. The van der Waals surface area contributed by atoms with Crippen molar-refractivity contribution in [1.29, 1.82) is 0 Å². The highest BCUT2D eigenvalue weighted by molar-refractivity contribution is 8.19. The van der Waals surface area contributed by atoms with Crippen LogP contribution in [0.2, 0.25) is 0 Å². The number of aromatic nitrogens is 6. The van der Waals surface area contributed by atoms with Gasteiger partial charge in [0.15, 0.2) is 33.2 Å². The van der Waals surface area contributed by atoms with E-state index in [1.807, 2.05) is 0 Å². The monoisotopic (exact) mass is 1160 g/mol. The normalized spacial score (nSPS) is 15.2. The van der Waals surface area contributed by atoms with Gasteiger partial charge in [0.1, 0.15) is 22.4 Å². The maximum absolute atomic E-state index is 13.0. The van der Waals surface area contributed by atoms with Gasteiger partial charge in [-0.1, -0.05) is 53.0 Å². The molecule has 26 heteroatoms. The number of aliphatic imine (C=N–C) groups is 1. The standard InChI is InChI=1S/C18H14FN3O4S.C17H16N4O3S2.C16H12N2O3S2.ClH/c1-10-6-16(24)21-15(20-10)8-13(23)9-22-17(25)14(27-18(22)26)7-11-2-4-12(19)5-3-11;1-11-19-8-7-13(20-11)10-26(23,24)14-5-3-12(4-6-14)9-15-16(22)21-17(18-2)25-15;1-12-17-16(19)15(22-12)11-13-5-7-14(8-6-13)23(20,21)18-9-3-2-4-10-18;/h2-7H,8-9H2,1H3,(H,20,21,24);3-9H,10H2,1-2H3,(H,18,21,22);2-11H,1H2;1H/b14-7+;15-9+;15-11+;. The molecule has 6 heterocycles. The number of benzene rings is 3. The number of sulfone groups is 1. The number of amidine groups is 1. The number of H-pyrrole nitrogens is 2. The molecule has 0 spiro atoms. The lowest BCUT2D eigenvalue weighted by Gasteiger charge is -2.11. The van der Waals surface area contributed by atoms with Gasteiger partial charge in [0.2, 0.25) is 0 Å². The van der Waals surface area contributed by atoms with Crippen molar-refractivity contribution in [1.82, 2.24) is 35.1 Å². The van der Waals surface area contributed by atoms with Crippen LogP contribution in [0.5, 0.6) is 0 Å². The molecular formula is C51H43ClFN9O10S5. The summed E-state index contributed by atoms with van der Waals surface area (Å²) in [7, 11) is -5.52. The smallest absolute Gasteiger partial charge is 0.399 e. The van der Waals surface area contributed by atoms with Crippen LogP contribution in [0.15, 0.2) is 156 Å². The van der Waals surface area contributed by atoms with E-state index in [9.17, 15) is 50.0 Å². The van der Waals surface area contributed by atoms with Crippen molar-refractivity contribution < 1.29 is 56.8 Å². The van der Waals surface area contributed by atoms with Crippen LogP contribution in [0.1, 0.15) is 39.7 Å². The molecule has 4 aromatic heterocycles. The molecule has 77 heavy (non-hydrogen) atoms. The molecule has 2 aliphatic heterocycles. The van der Waals surface area contributed by atoms with Crippen molar-refractivity contribution in [2.75, 3.05) is 13.6 Å². The number of aryl methyl sites for hydroxylation is 2. The molecule has 0 aliphatic carbocycles. The van der Waals surface area contributed by atoms with E-state index in [2.05, 4.69) is 41.8 Å². The van der Waals surface area contributed by atoms with Crippen LogP contribution in [0.25, 0.3) is 24.8 Å². The number of hydrogen-bond donors (Lipinski definition) is 3. The van der Waals surface area contributed by atoms with E-state index in [1.54, 1.807) is 87.8 Å². The number of hydrogen-bond acceptors (Lipinski definition) is 17. The number of Topliss-reactive ketones (excluding diaryl/α,β-unsaturated/α-hetero) is 1. The molecule has 3 N–H and O–H groups in total. The Morgan fingerprint density at radius 2 is 1.40 bits per heavy atom. The highest BCUT2D eigenvalue weighted by atomic mass is 35.5. The lowest BCUT2D eigenvalue weighted by Crippen LogP contribution is -3.00. The Balaban J connectivity index is 0.000000186. The largest absolute Gasteiger partial charge is 1.00 e. The molecule has 2 saturated heterocycles. The maximum atomic E-state index is 13.0. The number of nitrogens with one attached hydrogen (secondary N) is 3. The third-order valence-corrected chi connectivity index (χ3v) is 16.5. The molecule has 0 bridgehead atoms. The minimum atomic E-state index is -3.61. The average molecular weight is 1160 g/mol. The van der Waals surface area contributed by atoms with Gasteiger partial charge in [-0.15, -0.1) is 11.3 Å². The molecule has 0 saturated carbocycles. The van der Waals surface area contributed by atoms with Crippen LogP contribution in [0.3, 0.4) is 0 Å². The van der Waals surface area contributed by atoms with E-state index in [-0.39, 0.29) is 62.1 Å². The Kier molecular flexibility index (Phi) is 19.6. The molecule has 0 unspecified atom stereocenters. The molecule has 3 amide bonds. The molecule has 3 aromatic carbocycles. The summed E-state index contributed by atoms with van der Waals surface area (Å²) in [6, 6.07) is 26.2. The summed E-state index contributed by atoms with van der Waals surface area (Å²) in [5, 5.41) is 2.62. The van der Waals surface area contributed by atoms with Crippen molar-refractivity contribution in [3.63, 3.8) is 0 Å². The van der Waals surface area contributed by atoms with Crippen molar-refractivity contribution in [3.05, 3.63) is 207 Å². The Morgan fingerprint density at radius 3 is 1.99 bits per heavy atom. The van der Waals surface area contributed by atoms with E-state index < -0.39 is 49.2 Å². The van der Waals surface area contributed by atoms with Crippen LogP contribution in [-0.2, 0) is 46.4 Å². The SMILES string of the molecule is C=c1[nH]c(=O)/c(=C\c2ccc(S(=O)(=O)[n+]3ccccc3)cc2)s1.CN=C1NC(=O)/C(=C\c2ccc(S(=O)(=O)Cc3ccnc(C)n3)cc2)S1.Cc1cc(=O)[nH]c(CC(=O)CN2C(=O)S/C(=C/c3ccc(F)cc3)C2=O)n1.[Cl-]. The third-order valence-electron chi connectivity index (χ3n) is 10.4. The van der Waals surface area contributed by atoms with Crippen molar-refractivity contribution >= 4 is 108 Å². The predicted molar refractivity (Wildman–Crippen MR) is 287 cm³/mol. The van der Waals surface area contributed by atoms with Crippen LogP contribution in [-0.4, -0.2) is 88.3 Å². The summed E-state index contributed by atoms with van der Waals surface area (Å²) < 4.78 is 65.2. The number of thioether (sulfide) groups is 2. The zero-order chi connectivity index (χ0) is 54.7. The summed E-state index contributed by atoms with van der Waals surface area (Å²) in [6.45, 7) is 6.61. The highest BCUT2D eigenvalue weighted by Crippen LogP contribution is 2.32. The maximum Gasteiger partial charge on any atom is 0.399 e. The first kappa shape index (κ1) is 58.5. The lowest BCUT2D eigenvalue weighted by molar-refractivity contribution is -0.511. The Morgan fingerprint density at radius 1 is 0.792 bits per heavy atom. The number of amides is 3. The van der Waals surface area contributed by atoms with Crippen LogP contribution in [0, 0.1) is 19.7 Å². The minimum Gasteiger partial charge on any atom is -1.00 e. The van der Waals surface area contributed by atoms with Gasteiger partial charge in [0.25, 0.3) is 28.2 Å².